The van der Waals surface area contributed by atoms with Crippen molar-refractivity contribution in [3.05, 3.63) is 0 Å². The van der Waals surface area contributed by atoms with Crippen LogP contribution in [0.5, 0.6) is 0 Å². The molecule has 1 aliphatic rings. The van der Waals surface area contributed by atoms with E-state index in [1.54, 1.807) is 6.92 Å². The molecule has 4 unspecified atom stereocenters. The standard InChI is InChI=1S/C19H35N5O5/c1-3-12(2)16(19(28)29)24-18(27)14(7-4-5-9-20)23-15(25)11-22-17(26)13-8-6-10-21-13/h12-14,16,21H,3-11,20H2,1-2H3,(H,22,26)(H,23,25)(H,24,27)(H,28,29). The van der Waals surface area contributed by atoms with Crippen LogP contribution in [0, 0.1) is 5.92 Å². The second kappa shape index (κ2) is 13.1. The maximum Gasteiger partial charge on any atom is 0.326 e. The second-order valence-electron chi connectivity index (χ2n) is 7.48. The van der Waals surface area contributed by atoms with Crippen LogP contribution < -0.4 is 27.0 Å². The molecule has 4 atom stereocenters. The van der Waals surface area contributed by atoms with E-state index in [0.717, 1.165) is 19.4 Å². The summed E-state index contributed by atoms with van der Waals surface area (Å²) in [7, 11) is 0. The third kappa shape index (κ3) is 8.78. The van der Waals surface area contributed by atoms with Gasteiger partial charge in [-0.2, -0.15) is 0 Å². The highest BCUT2D eigenvalue weighted by Gasteiger charge is 2.29. The Balaban J connectivity index is 2.64. The van der Waals surface area contributed by atoms with Gasteiger partial charge >= 0.3 is 5.97 Å². The number of carboxylic acids is 1. The van der Waals surface area contributed by atoms with E-state index in [9.17, 15) is 24.3 Å². The monoisotopic (exact) mass is 413 g/mol. The van der Waals surface area contributed by atoms with Crippen LogP contribution in [0.2, 0.25) is 0 Å². The van der Waals surface area contributed by atoms with Gasteiger partial charge in [0, 0.05) is 0 Å². The maximum atomic E-state index is 12.6. The fourth-order valence-electron chi connectivity index (χ4n) is 3.14. The number of carboxylic acid groups (broad SMARTS) is 1. The molecule has 0 aliphatic carbocycles. The number of carbonyl (C=O) groups excluding carboxylic acids is 3. The van der Waals surface area contributed by atoms with Gasteiger partial charge in [-0.15, -0.1) is 0 Å². The first-order valence-corrected chi connectivity index (χ1v) is 10.3. The zero-order chi connectivity index (χ0) is 21.8. The minimum absolute atomic E-state index is 0.245. The van der Waals surface area contributed by atoms with Crippen molar-refractivity contribution in [2.24, 2.45) is 11.7 Å². The van der Waals surface area contributed by atoms with E-state index in [1.165, 1.54) is 0 Å². The van der Waals surface area contributed by atoms with Gasteiger partial charge in [0.15, 0.2) is 0 Å². The number of carbonyl (C=O) groups is 4. The van der Waals surface area contributed by atoms with Crippen molar-refractivity contribution in [1.82, 2.24) is 21.3 Å². The molecule has 29 heavy (non-hydrogen) atoms. The average Bonchev–Trinajstić information content (AvgIpc) is 3.23. The molecule has 10 heteroatoms. The minimum Gasteiger partial charge on any atom is -0.480 e. The first-order chi connectivity index (χ1) is 13.8. The van der Waals surface area contributed by atoms with Gasteiger partial charge in [0.25, 0.3) is 0 Å². The summed E-state index contributed by atoms with van der Waals surface area (Å²) in [6.45, 7) is 4.57. The predicted molar refractivity (Wildman–Crippen MR) is 108 cm³/mol. The zero-order valence-corrected chi connectivity index (χ0v) is 17.3. The van der Waals surface area contributed by atoms with E-state index in [2.05, 4.69) is 21.3 Å². The van der Waals surface area contributed by atoms with Crippen LogP contribution >= 0.6 is 0 Å². The predicted octanol–water partition coefficient (Wildman–Crippen LogP) is -0.916. The number of rotatable bonds is 13. The Bertz CT molecular complexity index is 565. The van der Waals surface area contributed by atoms with Crippen LogP contribution in [-0.2, 0) is 19.2 Å². The Kier molecular flexibility index (Phi) is 11.2. The topological polar surface area (TPSA) is 163 Å². The van der Waals surface area contributed by atoms with Crippen molar-refractivity contribution >= 4 is 23.7 Å². The van der Waals surface area contributed by atoms with E-state index >= 15 is 0 Å². The number of hydrogen-bond acceptors (Lipinski definition) is 6. The molecule has 7 N–H and O–H groups in total. The molecule has 0 bridgehead atoms. The number of amides is 3. The largest absolute Gasteiger partial charge is 0.480 e. The lowest BCUT2D eigenvalue weighted by Gasteiger charge is -2.24. The third-order valence-electron chi connectivity index (χ3n) is 5.18. The molecule has 0 aromatic carbocycles. The van der Waals surface area contributed by atoms with Crippen LogP contribution in [0.4, 0.5) is 0 Å². The van der Waals surface area contributed by atoms with Crippen molar-refractivity contribution in [2.75, 3.05) is 19.6 Å². The summed E-state index contributed by atoms with van der Waals surface area (Å²) in [5.41, 5.74) is 5.49. The lowest BCUT2D eigenvalue weighted by Crippen LogP contribution is -2.55. The van der Waals surface area contributed by atoms with Crippen LogP contribution in [0.1, 0.15) is 52.4 Å². The zero-order valence-electron chi connectivity index (χ0n) is 17.3. The van der Waals surface area contributed by atoms with Crippen LogP contribution in [0.3, 0.4) is 0 Å². The van der Waals surface area contributed by atoms with Crippen LogP contribution in [0.25, 0.3) is 0 Å². The van der Waals surface area contributed by atoms with Gasteiger partial charge in [-0.3, -0.25) is 14.4 Å². The molecule has 1 fully saturated rings. The quantitative estimate of drug-likeness (QED) is 0.213. The first-order valence-electron chi connectivity index (χ1n) is 10.3. The Morgan fingerprint density at radius 1 is 1.21 bits per heavy atom. The number of aliphatic carboxylic acids is 1. The number of nitrogens with one attached hydrogen (secondary N) is 4. The minimum atomic E-state index is -1.11. The summed E-state index contributed by atoms with van der Waals surface area (Å²) in [4.78, 5) is 48.4. The fraction of sp³-hybridized carbons (Fsp3) is 0.789. The summed E-state index contributed by atoms with van der Waals surface area (Å²) in [5, 5.41) is 20.1. The van der Waals surface area contributed by atoms with Gasteiger partial charge in [-0.05, 0) is 51.1 Å². The van der Waals surface area contributed by atoms with Crippen molar-refractivity contribution in [3.63, 3.8) is 0 Å². The van der Waals surface area contributed by atoms with Crippen LogP contribution in [0.15, 0.2) is 0 Å². The summed E-state index contributed by atoms with van der Waals surface area (Å²) >= 11 is 0. The molecule has 1 aliphatic heterocycles. The van der Waals surface area contributed by atoms with Gasteiger partial charge < -0.3 is 32.1 Å². The molecule has 3 amide bonds. The Morgan fingerprint density at radius 2 is 1.93 bits per heavy atom. The fourth-order valence-corrected chi connectivity index (χ4v) is 3.14. The molecule has 0 saturated carbocycles. The Labute approximate surface area is 171 Å². The summed E-state index contributed by atoms with van der Waals surface area (Å²) in [6, 6.07) is -2.21. The van der Waals surface area contributed by atoms with E-state index in [0.29, 0.717) is 32.2 Å². The summed E-state index contributed by atoms with van der Waals surface area (Å²) in [5.74, 6) is -2.66. The molecule has 1 heterocycles. The molecule has 0 spiro atoms. The molecule has 0 radical (unpaired) electrons. The molecule has 0 aromatic heterocycles. The van der Waals surface area contributed by atoms with Gasteiger partial charge in [-0.1, -0.05) is 20.3 Å². The van der Waals surface area contributed by atoms with Gasteiger partial charge in [0.2, 0.25) is 17.7 Å². The number of hydrogen-bond donors (Lipinski definition) is 6. The molecule has 166 valence electrons. The highest BCUT2D eigenvalue weighted by Crippen LogP contribution is 2.09. The van der Waals surface area contributed by atoms with Crippen LogP contribution in [-0.4, -0.2) is 66.6 Å². The lowest BCUT2D eigenvalue weighted by molar-refractivity contribution is -0.143. The average molecular weight is 414 g/mol. The Hall–Kier alpha value is -2.20. The van der Waals surface area contributed by atoms with E-state index in [4.69, 9.17) is 5.73 Å². The maximum absolute atomic E-state index is 12.6. The smallest absolute Gasteiger partial charge is 0.326 e. The highest BCUT2D eigenvalue weighted by molar-refractivity contribution is 5.92. The Morgan fingerprint density at radius 3 is 2.48 bits per heavy atom. The summed E-state index contributed by atoms with van der Waals surface area (Å²) in [6.07, 6.45) is 3.84. The lowest BCUT2D eigenvalue weighted by atomic mass is 9.98. The molecule has 0 aromatic rings. The van der Waals surface area contributed by atoms with E-state index in [1.807, 2.05) is 6.92 Å². The number of unbranched alkanes of at least 4 members (excludes halogenated alkanes) is 1. The normalized spacial score (nSPS) is 19.1. The number of nitrogens with two attached hydrogens (primary N) is 1. The van der Waals surface area contributed by atoms with Crippen molar-refractivity contribution in [3.8, 4) is 0 Å². The molecule has 1 saturated heterocycles. The molecular weight excluding hydrogens is 378 g/mol. The third-order valence-corrected chi connectivity index (χ3v) is 5.18. The summed E-state index contributed by atoms with van der Waals surface area (Å²) < 4.78 is 0. The van der Waals surface area contributed by atoms with Crippen molar-refractivity contribution in [1.29, 1.82) is 0 Å². The molecule has 1 rings (SSSR count). The van der Waals surface area contributed by atoms with E-state index < -0.39 is 29.9 Å². The first kappa shape index (κ1) is 24.8. The van der Waals surface area contributed by atoms with Gasteiger partial charge in [0.1, 0.15) is 12.1 Å². The van der Waals surface area contributed by atoms with E-state index in [-0.39, 0.29) is 24.4 Å². The van der Waals surface area contributed by atoms with Gasteiger partial charge in [0.05, 0.1) is 12.6 Å². The second-order valence-corrected chi connectivity index (χ2v) is 7.48. The van der Waals surface area contributed by atoms with Crippen molar-refractivity contribution < 1.29 is 24.3 Å². The SMILES string of the molecule is CCC(C)C(NC(=O)C(CCCCN)NC(=O)CNC(=O)C1CCCN1)C(=O)O. The van der Waals surface area contributed by atoms with Gasteiger partial charge in [-0.25, -0.2) is 4.79 Å². The van der Waals surface area contributed by atoms with Crippen molar-refractivity contribution in [2.45, 2.75) is 70.5 Å². The molecule has 10 nitrogen and oxygen atoms in total. The molecular formula is C19H35N5O5. The highest BCUT2D eigenvalue weighted by atomic mass is 16.4.